The van der Waals surface area contributed by atoms with Gasteiger partial charge in [-0.1, -0.05) is 73.5 Å². The van der Waals surface area contributed by atoms with E-state index in [2.05, 4.69) is 10.6 Å². The highest BCUT2D eigenvalue weighted by atomic mass is 35.5. The topological polar surface area (TPSA) is 216 Å². The standard InChI is InChI=1S/C46H51ClN4O9/c1-26-20-41(56)43(51(3)46(60)33(6-4-5-19-48)24-40(55)31-10-8-29(9-11-31)30-12-15-34(47)16-13-30)32-14-18-39(54)36(23-32)35-21-28(7-17-38(35)53)22-37(50-44(26)58)45(59)49-27(2)42(57)25-52/h7-18,21,23,26-27,33,37,43,52-54H,4-6,19-20,22,24-25,48H2,1-3H3,(H,49,59)(H,50,58)/t26-,27+,33-,37+,43+/m1/s1. The summed E-state index contributed by atoms with van der Waals surface area (Å²) in [5, 5.41) is 37.2. The highest BCUT2D eigenvalue weighted by Crippen LogP contribution is 2.39. The molecule has 0 aliphatic carbocycles. The number of benzene rings is 4. The normalized spacial score (nSPS) is 17.7. The number of hydrogen-bond donors (Lipinski definition) is 6. The summed E-state index contributed by atoms with van der Waals surface area (Å²) in [6.45, 7) is 2.49. The number of nitrogens with two attached hydrogens (primary N) is 1. The number of rotatable bonds is 14. The van der Waals surface area contributed by atoms with Crippen molar-refractivity contribution in [3.05, 3.63) is 107 Å². The second-order valence-electron chi connectivity index (χ2n) is 15.4. The largest absolute Gasteiger partial charge is 0.507 e. The second-order valence-corrected chi connectivity index (χ2v) is 15.8. The van der Waals surface area contributed by atoms with Crippen LogP contribution in [0.15, 0.2) is 84.9 Å². The zero-order valence-electron chi connectivity index (χ0n) is 33.8. The van der Waals surface area contributed by atoms with Gasteiger partial charge in [-0.15, -0.1) is 0 Å². The van der Waals surface area contributed by atoms with Gasteiger partial charge in [-0.05, 0) is 85.0 Å². The summed E-state index contributed by atoms with van der Waals surface area (Å²) in [4.78, 5) is 83.4. The molecule has 0 saturated carbocycles. The third kappa shape index (κ3) is 11.0. The molecule has 5 rings (SSSR count). The van der Waals surface area contributed by atoms with Crippen molar-refractivity contribution in [1.82, 2.24) is 15.5 Å². The molecule has 0 spiro atoms. The number of carbonyl (C=O) groups excluding carboxylic acids is 6. The van der Waals surface area contributed by atoms with E-state index in [0.29, 0.717) is 47.5 Å². The smallest absolute Gasteiger partial charge is 0.243 e. The van der Waals surface area contributed by atoms with Gasteiger partial charge in [-0.2, -0.15) is 0 Å². The molecule has 4 aromatic rings. The molecule has 4 bridgehead atoms. The molecule has 0 radical (unpaired) electrons. The fourth-order valence-corrected chi connectivity index (χ4v) is 7.51. The molecule has 0 unspecified atom stereocenters. The number of aliphatic hydroxyl groups excluding tert-OH is 1. The van der Waals surface area contributed by atoms with Crippen LogP contribution < -0.4 is 16.4 Å². The number of aliphatic hydroxyl groups is 1. The number of amides is 3. The summed E-state index contributed by atoms with van der Waals surface area (Å²) in [6, 6.07) is 19.5. The number of halogens is 1. The van der Waals surface area contributed by atoms with Gasteiger partial charge in [0.25, 0.3) is 0 Å². The maximum atomic E-state index is 14.6. The van der Waals surface area contributed by atoms with Gasteiger partial charge in [0.15, 0.2) is 17.3 Å². The van der Waals surface area contributed by atoms with Crippen molar-refractivity contribution < 1.29 is 44.1 Å². The number of hydrogen-bond acceptors (Lipinski definition) is 10. The number of unbranched alkanes of at least 4 members (excludes halogenated alkanes) is 1. The second kappa shape index (κ2) is 20.4. The summed E-state index contributed by atoms with van der Waals surface area (Å²) in [5.41, 5.74) is 9.06. The Morgan fingerprint density at radius 2 is 1.50 bits per heavy atom. The van der Waals surface area contributed by atoms with E-state index in [0.717, 1.165) is 11.1 Å². The van der Waals surface area contributed by atoms with Crippen LogP contribution in [0.5, 0.6) is 11.5 Å². The van der Waals surface area contributed by atoms with Crippen LogP contribution in [0.1, 0.15) is 73.5 Å². The molecule has 1 heterocycles. The van der Waals surface area contributed by atoms with Crippen molar-refractivity contribution >= 4 is 46.7 Å². The molecule has 0 aromatic heterocycles. The van der Waals surface area contributed by atoms with Crippen molar-refractivity contribution in [2.45, 2.75) is 70.5 Å². The molecular weight excluding hydrogens is 788 g/mol. The molecule has 0 fully saturated rings. The number of nitrogens with zero attached hydrogens (tertiary/aromatic N) is 1. The molecular formula is C46H51ClN4O9. The van der Waals surface area contributed by atoms with Crippen LogP contribution in [-0.4, -0.2) is 87.6 Å². The Morgan fingerprint density at radius 3 is 2.13 bits per heavy atom. The van der Waals surface area contributed by atoms with Gasteiger partial charge in [0.05, 0.1) is 6.04 Å². The number of phenols is 2. The summed E-state index contributed by atoms with van der Waals surface area (Å²) in [7, 11) is 1.46. The van der Waals surface area contributed by atoms with E-state index in [1.807, 2.05) is 24.3 Å². The maximum Gasteiger partial charge on any atom is 0.243 e. The van der Waals surface area contributed by atoms with Crippen molar-refractivity contribution in [3.8, 4) is 33.8 Å². The summed E-state index contributed by atoms with van der Waals surface area (Å²) < 4.78 is 0. The Hall–Kier alpha value is -5.89. The Morgan fingerprint density at radius 1 is 0.883 bits per heavy atom. The fourth-order valence-electron chi connectivity index (χ4n) is 7.38. The van der Waals surface area contributed by atoms with Gasteiger partial charge in [0.2, 0.25) is 17.7 Å². The minimum Gasteiger partial charge on any atom is -0.507 e. The van der Waals surface area contributed by atoms with Crippen LogP contribution >= 0.6 is 11.6 Å². The van der Waals surface area contributed by atoms with Gasteiger partial charge < -0.3 is 36.6 Å². The van der Waals surface area contributed by atoms with Crippen molar-refractivity contribution in [3.63, 3.8) is 0 Å². The lowest BCUT2D eigenvalue weighted by atomic mass is 9.88. The van der Waals surface area contributed by atoms with Crippen LogP contribution in [0.4, 0.5) is 0 Å². The highest BCUT2D eigenvalue weighted by molar-refractivity contribution is 6.30. The van der Waals surface area contributed by atoms with Gasteiger partial charge in [-0.3, -0.25) is 28.8 Å². The molecule has 3 amide bonds. The van der Waals surface area contributed by atoms with E-state index in [4.69, 9.17) is 17.3 Å². The van der Waals surface area contributed by atoms with Crippen LogP contribution in [0, 0.1) is 11.8 Å². The first kappa shape index (κ1) is 45.2. The lowest BCUT2D eigenvalue weighted by molar-refractivity contribution is -0.142. The number of nitrogens with one attached hydrogen (secondary N) is 2. The zero-order chi connectivity index (χ0) is 43.7. The third-order valence-corrected chi connectivity index (χ3v) is 11.2. The van der Waals surface area contributed by atoms with Gasteiger partial charge in [0, 0.05) is 59.9 Å². The molecule has 4 aromatic carbocycles. The number of ketones is 3. The lowest BCUT2D eigenvalue weighted by Gasteiger charge is -2.32. The van der Waals surface area contributed by atoms with Crippen LogP contribution in [0.3, 0.4) is 0 Å². The summed E-state index contributed by atoms with van der Waals surface area (Å²) in [5.74, 6) is -5.61. The third-order valence-electron chi connectivity index (χ3n) is 10.9. The molecule has 7 N–H and O–H groups in total. The minimum atomic E-state index is -1.30. The molecule has 316 valence electrons. The Bertz CT molecular complexity index is 2230. The molecule has 14 heteroatoms. The Labute approximate surface area is 353 Å². The lowest BCUT2D eigenvalue weighted by Crippen LogP contribution is -2.53. The SMILES string of the molecule is C[C@@H]1CC(=O)[C@@H](N(C)C(=O)[C@H](CCCCN)CC(=O)c2ccc(-c3ccc(Cl)cc3)cc2)c2ccc(O)c(c2)-c2cc(ccc2O)C[C@@H](C(=O)N[C@@H](C)C(=O)CO)NC1=O. The molecule has 0 saturated heterocycles. The average Bonchev–Trinajstić information content (AvgIpc) is 3.23. The van der Waals surface area contributed by atoms with Crippen molar-refractivity contribution in [2.75, 3.05) is 20.2 Å². The maximum absolute atomic E-state index is 14.6. The fraction of sp³-hybridized carbons (Fsp3) is 0.348. The van der Waals surface area contributed by atoms with E-state index < -0.39 is 65.9 Å². The molecule has 5 atom stereocenters. The quantitative estimate of drug-likeness (QED) is 0.0711. The molecule has 60 heavy (non-hydrogen) atoms. The summed E-state index contributed by atoms with van der Waals surface area (Å²) in [6.07, 6.45) is 0.837. The molecule has 1 aliphatic rings. The number of aromatic hydroxyl groups is 2. The minimum absolute atomic E-state index is 0.0946. The first-order valence-electron chi connectivity index (χ1n) is 19.9. The predicted octanol–water partition coefficient (Wildman–Crippen LogP) is 5.31. The van der Waals surface area contributed by atoms with E-state index in [9.17, 15) is 44.1 Å². The van der Waals surface area contributed by atoms with Gasteiger partial charge in [0.1, 0.15) is 30.2 Å². The number of phenolic OH excluding ortho intramolecular Hbond substituents is 2. The predicted molar refractivity (Wildman–Crippen MR) is 227 cm³/mol. The number of likely N-dealkylation sites (N-methyl/N-ethyl adjacent to an activating group) is 1. The van der Waals surface area contributed by atoms with E-state index in [1.54, 1.807) is 30.3 Å². The van der Waals surface area contributed by atoms with Crippen molar-refractivity contribution in [1.29, 1.82) is 0 Å². The van der Waals surface area contributed by atoms with Crippen LogP contribution in [0.25, 0.3) is 22.3 Å². The van der Waals surface area contributed by atoms with E-state index in [1.165, 1.54) is 56.1 Å². The van der Waals surface area contributed by atoms with Crippen molar-refractivity contribution in [2.24, 2.45) is 17.6 Å². The monoisotopic (exact) mass is 838 g/mol. The first-order valence-corrected chi connectivity index (χ1v) is 20.3. The number of carbonyl (C=O) groups is 6. The Kier molecular flexibility index (Phi) is 15.4. The van der Waals surface area contributed by atoms with E-state index in [-0.39, 0.29) is 47.7 Å². The van der Waals surface area contributed by atoms with E-state index >= 15 is 0 Å². The molecule has 13 nitrogen and oxygen atoms in total. The average molecular weight is 839 g/mol. The highest BCUT2D eigenvalue weighted by Gasteiger charge is 2.36. The zero-order valence-corrected chi connectivity index (χ0v) is 34.6. The molecule has 1 aliphatic heterocycles. The van der Waals surface area contributed by atoms with Gasteiger partial charge >= 0.3 is 0 Å². The number of Topliss-reactive ketones (excluding diaryl/α,β-unsaturated/α-hetero) is 3. The first-order chi connectivity index (χ1) is 28.6. The number of fused-ring (bicyclic) bond motifs is 5. The Balaban J connectivity index is 1.49. The van der Waals surface area contributed by atoms with Crippen LogP contribution in [0.2, 0.25) is 5.02 Å². The summed E-state index contributed by atoms with van der Waals surface area (Å²) >= 11 is 6.05. The van der Waals surface area contributed by atoms with Crippen LogP contribution in [-0.2, 0) is 30.4 Å². The van der Waals surface area contributed by atoms with Gasteiger partial charge in [-0.25, -0.2) is 0 Å².